The molecule has 0 saturated carbocycles. The Labute approximate surface area is 208 Å². The maximum absolute atomic E-state index is 8.06. The average molecular weight is 530 g/mol. The molecule has 0 aliphatic heterocycles. The minimum absolute atomic E-state index is 0.830. The van der Waals surface area contributed by atoms with Crippen LogP contribution in [0.15, 0.2) is 103 Å². The summed E-state index contributed by atoms with van der Waals surface area (Å²) in [6.45, 7) is 0. The fourth-order valence-corrected chi connectivity index (χ4v) is 10.5. The molecule has 170 valence electrons. The Hall–Kier alpha value is -1.40. The zero-order valence-electron chi connectivity index (χ0n) is 18.9. The van der Waals surface area contributed by atoms with Gasteiger partial charge in [0.15, 0.2) is 0 Å². The van der Waals surface area contributed by atoms with E-state index in [1.165, 1.54) is 54.4 Å². The fraction of sp³-hybridized carbons (Fsp3) is 0.310. The van der Waals surface area contributed by atoms with E-state index in [1.807, 2.05) is 0 Å². The van der Waals surface area contributed by atoms with Crippen molar-refractivity contribution in [3.05, 3.63) is 103 Å². The molecule has 0 spiro atoms. The van der Waals surface area contributed by atoms with Gasteiger partial charge in [0.1, 0.15) is 0 Å². The zero-order valence-corrected chi connectivity index (χ0v) is 22.1. The van der Waals surface area contributed by atoms with Crippen molar-refractivity contribution in [3.8, 4) is 0 Å². The van der Waals surface area contributed by atoms with E-state index in [4.69, 9.17) is 11.2 Å². The molecule has 0 atom stereocenters. The first kappa shape index (κ1) is 25.2. The van der Waals surface area contributed by atoms with Gasteiger partial charge in [0.2, 0.25) is 0 Å². The van der Waals surface area contributed by atoms with Crippen molar-refractivity contribution in [2.75, 3.05) is 11.5 Å². The molecule has 0 saturated heterocycles. The molecule has 0 bridgehead atoms. The summed E-state index contributed by atoms with van der Waals surface area (Å²) in [6, 6.07) is 32.2. The third-order valence-electron chi connectivity index (χ3n) is 6.25. The summed E-state index contributed by atoms with van der Waals surface area (Å²) in [6.07, 6.45) is 14.6. The van der Waals surface area contributed by atoms with Crippen LogP contribution in [0, 0.1) is 0 Å². The predicted molar refractivity (Wildman–Crippen MR) is 151 cm³/mol. The van der Waals surface area contributed by atoms with Gasteiger partial charge in [0.25, 0.3) is 0 Å². The number of unbranched alkanes of at least 4 members (excludes halogenated alkanes) is 6. The Kier molecular flexibility index (Phi) is 10.0. The van der Waals surface area contributed by atoms with Crippen molar-refractivity contribution >= 4 is 49.0 Å². The van der Waals surface area contributed by atoms with Gasteiger partial charge in [-0.05, 0) is 0 Å². The van der Waals surface area contributed by atoms with Gasteiger partial charge in [0, 0.05) is 0 Å². The van der Waals surface area contributed by atoms with E-state index in [-0.39, 0.29) is 0 Å². The van der Waals surface area contributed by atoms with Crippen LogP contribution in [-0.2, 0) is 0 Å². The number of alkyl halides is 1. The number of halogens is 2. The summed E-state index contributed by atoms with van der Waals surface area (Å²) in [5.41, 5.74) is 0. The van der Waals surface area contributed by atoms with Crippen LogP contribution in [0.25, 0.3) is 0 Å². The van der Waals surface area contributed by atoms with E-state index in [1.54, 1.807) is 0 Å². The predicted octanol–water partition coefficient (Wildman–Crippen LogP) is 8.35. The van der Waals surface area contributed by atoms with Crippen molar-refractivity contribution in [1.82, 2.24) is 0 Å². The normalized spacial score (nSPS) is 13.1. The molecular formula is C29H35BrClP. The standard InChI is InChI=1S/C29H35BrClP/c30-25-17-6-4-2-1-3-5-7-18-26-32(31,27-19-11-8-12-20-27,28-21-13-9-14-22-28)29-23-15-10-16-24-29/h7-16,18-24H,1-6,17,25-26H2. The Morgan fingerprint density at radius 1 is 0.562 bits per heavy atom. The van der Waals surface area contributed by atoms with Crippen molar-refractivity contribution in [3.63, 3.8) is 0 Å². The van der Waals surface area contributed by atoms with E-state index < -0.39 is 5.96 Å². The SMILES string of the molecule is ClP(CC=CCCCCCCCCBr)(c1ccccc1)(c1ccccc1)c1ccccc1. The van der Waals surface area contributed by atoms with Crippen LogP contribution in [-0.4, -0.2) is 11.5 Å². The third kappa shape index (κ3) is 5.93. The zero-order chi connectivity index (χ0) is 22.6. The van der Waals surface area contributed by atoms with Crippen molar-refractivity contribution in [2.45, 2.75) is 44.9 Å². The number of allylic oxidation sites excluding steroid dienone is 2. The van der Waals surface area contributed by atoms with Gasteiger partial charge < -0.3 is 0 Å². The van der Waals surface area contributed by atoms with Gasteiger partial charge in [-0.1, -0.05) is 0 Å². The monoisotopic (exact) mass is 528 g/mol. The molecule has 3 aromatic carbocycles. The van der Waals surface area contributed by atoms with Crippen LogP contribution in [0.5, 0.6) is 0 Å². The Bertz CT molecular complexity index is 841. The van der Waals surface area contributed by atoms with Gasteiger partial charge >= 0.3 is 209 Å². The molecule has 0 radical (unpaired) electrons. The molecule has 3 rings (SSSR count). The summed E-state index contributed by atoms with van der Waals surface area (Å²) >= 11 is 11.6. The fourth-order valence-electron chi connectivity index (χ4n) is 4.43. The molecule has 3 aromatic rings. The molecule has 0 aliphatic rings. The minimum atomic E-state index is -3.15. The Morgan fingerprint density at radius 2 is 0.969 bits per heavy atom. The molecule has 3 heteroatoms. The van der Waals surface area contributed by atoms with Gasteiger partial charge in [-0.2, -0.15) is 0 Å². The summed E-state index contributed by atoms with van der Waals surface area (Å²) in [5.74, 6) is -3.15. The van der Waals surface area contributed by atoms with Crippen LogP contribution in [0.1, 0.15) is 44.9 Å². The van der Waals surface area contributed by atoms with E-state index in [0.29, 0.717) is 0 Å². The second-order valence-electron chi connectivity index (χ2n) is 8.44. The molecule has 0 N–H and O–H groups in total. The molecule has 0 heterocycles. The van der Waals surface area contributed by atoms with Crippen LogP contribution < -0.4 is 15.9 Å². The number of hydrogen-bond acceptors (Lipinski definition) is 0. The van der Waals surface area contributed by atoms with E-state index in [9.17, 15) is 0 Å². The van der Waals surface area contributed by atoms with Crippen molar-refractivity contribution in [1.29, 1.82) is 0 Å². The topological polar surface area (TPSA) is 0 Å². The first-order chi connectivity index (χ1) is 15.7. The van der Waals surface area contributed by atoms with Gasteiger partial charge in [0.05, 0.1) is 0 Å². The second-order valence-corrected chi connectivity index (χ2v) is 15.8. The summed E-state index contributed by atoms with van der Waals surface area (Å²) < 4.78 is 0. The van der Waals surface area contributed by atoms with Crippen LogP contribution in [0.3, 0.4) is 0 Å². The first-order valence-electron chi connectivity index (χ1n) is 11.8. The van der Waals surface area contributed by atoms with E-state index in [2.05, 4.69) is 119 Å². The van der Waals surface area contributed by atoms with Crippen LogP contribution in [0.2, 0.25) is 0 Å². The molecule has 0 unspecified atom stereocenters. The molecule has 32 heavy (non-hydrogen) atoms. The molecule has 0 fully saturated rings. The quantitative estimate of drug-likeness (QED) is 0.0903. The van der Waals surface area contributed by atoms with Crippen LogP contribution in [0.4, 0.5) is 0 Å². The van der Waals surface area contributed by atoms with E-state index >= 15 is 0 Å². The Morgan fingerprint density at radius 3 is 1.41 bits per heavy atom. The molecular weight excluding hydrogens is 495 g/mol. The average Bonchev–Trinajstić information content (AvgIpc) is 2.87. The molecule has 0 amide bonds. The van der Waals surface area contributed by atoms with Crippen molar-refractivity contribution in [2.24, 2.45) is 0 Å². The molecule has 0 nitrogen and oxygen atoms in total. The van der Waals surface area contributed by atoms with Gasteiger partial charge in [-0.15, -0.1) is 0 Å². The van der Waals surface area contributed by atoms with Crippen molar-refractivity contribution < 1.29 is 0 Å². The number of rotatable bonds is 13. The number of hydrogen-bond donors (Lipinski definition) is 0. The summed E-state index contributed by atoms with van der Waals surface area (Å²) in [7, 11) is 0. The first-order valence-corrected chi connectivity index (χ1v) is 16.3. The molecule has 0 aliphatic carbocycles. The number of benzene rings is 3. The van der Waals surface area contributed by atoms with Gasteiger partial charge in [-0.3, -0.25) is 0 Å². The summed E-state index contributed by atoms with van der Waals surface area (Å²) in [5, 5.41) is 4.82. The second kappa shape index (κ2) is 12.7. The third-order valence-corrected chi connectivity index (χ3v) is 14.0. The van der Waals surface area contributed by atoms with E-state index in [0.717, 1.165) is 17.9 Å². The van der Waals surface area contributed by atoms with Gasteiger partial charge in [-0.25, -0.2) is 0 Å². The summed E-state index contributed by atoms with van der Waals surface area (Å²) in [4.78, 5) is 0. The Balaban J connectivity index is 1.85. The van der Waals surface area contributed by atoms with Crippen LogP contribution >= 0.6 is 33.1 Å². The molecule has 0 aromatic heterocycles. The maximum atomic E-state index is 8.06.